The second-order valence-electron chi connectivity index (χ2n) is 11.7. The summed E-state index contributed by atoms with van der Waals surface area (Å²) in [5, 5.41) is 33.5. The Labute approximate surface area is 215 Å². The Hall–Kier alpha value is -3.55. The van der Waals surface area contributed by atoms with E-state index in [9.17, 15) is 19.8 Å². The number of allylic oxidation sites excluding steroid dienone is 2. The highest BCUT2D eigenvalue weighted by Gasteiger charge is 2.54. The zero-order valence-electron chi connectivity index (χ0n) is 21.8. The molecule has 10 nitrogen and oxygen atoms in total. The van der Waals surface area contributed by atoms with E-state index in [0.29, 0.717) is 17.1 Å². The van der Waals surface area contributed by atoms with Gasteiger partial charge in [0, 0.05) is 19.0 Å². The minimum absolute atomic E-state index is 0.00707. The lowest BCUT2D eigenvalue weighted by Crippen LogP contribution is -2.57. The van der Waals surface area contributed by atoms with E-state index >= 15 is 0 Å². The molecule has 0 unspecified atom stereocenters. The predicted octanol–water partition coefficient (Wildman–Crippen LogP) is 4.14. The Morgan fingerprint density at radius 3 is 2.49 bits per heavy atom. The maximum Gasteiger partial charge on any atom is 0.335 e. The normalized spacial score (nSPS) is 26.6. The molecule has 10 heteroatoms. The number of aliphatic hydroxyl groups is 1. The van der Waals surface area contributed by atoms with Gasteiger partial charge in [-0.05, 0) is 63.2 Å². The summed E-state index contributed by atoms with van der Waals surface area (Å²) in [5.41, 5.74) is -1.64. The molecular weight excluding hydrogens is 474 g/mol. The third kappa shape index (κ3) is 5.43. The summed E-state index contributed by atoms with van der Waals surface area (Å²) in [6, 6.07) is 5.16. The SMILES string of the molecule is CC1(C)CC=C(c2nc([C@]3(O)CC(C)(C)O[C@@](C)(C(=O)O)C3)ccc2NC(=O)c2nc(C#N)c[nH]2)CC1. The number of carboxylic acid groups (broad SMARTS) is 1. The second-order valence-corrected chi connectivity index (χ2v) is 11.7. The lowest BCUT2D eigenvalue weighted by molar-refractivity contribution is -0.237. The number of aliphatic carboxylic acids is 1. The number of hydrogen-bond acceptors (Lipinski definition) is 7. The van der Waals surface area contributed by atoms with Crippen molar-refractivity contribution in [2.24, 2.45) is 5.41 Å². The summed E-state index contributed by atoms with van der Waals surface area (Å²) in [4.78, 5) is 36.4. The zero-order chi connectivity index (χ0) is 27.2. The maximum absolute atomic E-state index is 12.9. The van der Waals surface area contributed by atoms with Gasteiger partial charge in [0.25, 0.3) is 5.91 Å². The van der Waals surface area contributed by atoms with E-state index in [4.69, 9.17) is 15.0 Å². The van der Waals surface area contributed by atoms with Crippen molar-refractivity contribution in [2.75, 3.05) is 5.32 Å². The fraction of sp³-hybridized carbons (Fsp3) is 0.519. The maximum atomic E-state index is 12.9. The summed E-state index contributed by atoms with van der Waals surface area (Å²) < 4.78 is 5.86. The summed E-state index contributed by atoms with van der Waals surface area (Å²) >= 11 is 0. The van der Waals surface area contributed by atoms with Gasteiger partial charge < -0.3 is 25.3 Å². The average molecular weight is 508 g/mol. The molecule has 2 aliphatic rings. The number of pyridine rings is 1. The molecule has 0 spiro atoms. The first-order chi connectivity index (χ1) is 17.2. The van der Waals surface area contributed by atoms with Crippen LogP contribution in [0, 0.1) is 16.7 Å². The minimum atomic E-state index is -1.60. The first kappa shape index (κ1) is 26.5. The standard InChI is InChI=1S/C27H33N5O5/c1-24(2)10-8-16(9-11-24)20-18(31-22(33)21-29-13-17(12-28)30-21)6-7-19(32-20)27(36)14-25(3,4)37-26(5,15-27)23(34)35/h6-8,13,36H,9-11,14-15H2,1-5H3,(H,29,30)(H,31,33)(H,34,35)/t26-,27+/m1/s1. The molecule has 0 aromatic carbocycles. The average Bonchev–Trinajstić information content (AvgIpc) is 3.27. The molecular formula is C27H33N5O5. The van der Waals surface area contributed by atoms with E-state index in [2.05, 4.69) is 35.2 Å². The predicted molar refractivity (Wildman–Crippen MR) is 135 cm³/mol. The van der Waals surface area contributed by atoms with E-state index < -0.39 is 28.7 Å². The van der Waals surface area contributed by atoms with Gasteiger partial charge in [-0.1, -0.05) is 19.9 Å². The van der Waals surface area contributed by atoms with Crippen molar-refractivity contribution < 1.29 is 24.5 Å². The highest BCUT2D eigenvalue weighted by molar-refractivity contribution is 6.03. The molecule has 4 N–H and O–H groups in total. The number of anilines is 1. The van der Waals surface area contributed by atoms with Crippen molar-refractivity contribution in [2.45, 2.75) is 83.5 Å². The van der Waals surface area contributed by atoms with Crippen LogP contribution in [0.4, 0.5) is 5.69 Å². The molecule has 4 rings (SSSR count). The van der Waals surface area contributed by atoms with Gasteiger partial charge in [-0.25, -0.2) is 14.8 Å². The Balaban J connectivity index is 1.76. The van der Waals surface area contributed by atoms with E-state index in [0.717, 1.165) is 24.8 Å². The minimum Gasteiger partial charge on any atom is -0.479 e. The second kappa shape index (κ2) is 9.08. The molecule has 2 atom stereocenters. The zero-order valence-corrected chi connectivity index (χ0v) is 21.8. The van der Waals surface area contributed by atoms with Crippen LogP contribution in [-0.4, -0.2) is 48.2 Å². The molecule has 0 bridgehead atoms. The number of nitriles is 1. The fourth-order valence-electron chi connectivity index (χ4n) is 5.34. The van der Waals surface area contributed by atoms with Crippen LogP contribution >= 0.6 is 0 Å². The third-order valence-corrected chi connectivity index (χ3v) is 7.11. The first-order valence-corrected chi connectivity index (χ1v) is 12.3. The number of rotatable bonds is 5. The van der Waals surface area contributed by atoms with Crippen molar-refractivity contribution in [3.05, 3.63) is 47.3 Å². The number of aromatic nitrogens is 3. The van der Waals surface area contributed by atoms with Crippen LogP contribution in [-0.2, 0) is 15.1 Å². The number of H-pyrrole nitrogens is 1. The summed E-state index contributed by atoms with van der Waals surface area (Å²) in [6.45, 7) is 9.34. The van der Waals surface area contributed by atoms with Crippen LogP contribution in [0.5, 0.6) is 0 Å². The summed E-state index contributed by atoms with van der Waals surface area (Å²) in [7, 11) is 0. The van der Waals surface area contributed by atoms with Crippen LogP contribution in [0.15, 0.2) is 24.4 Å². The van der Waals surface area contributed by atoms with Gasteiger partial charge in [0.05, 0.1) is 22.7 Å². The molecule has 196 valence electrons. The lowest BCUT2D eigenvalue weighted by Gasteiger charge is -2.48. The highest BCUT2D eigenvalue weighted by Crippen LogP contribution is 2.47. The van der Waals surface area contributed by atoms with Crippen molar-refractivity contribution in [1.29, 1.82) is 5.26 Å². The smallest absolute Gasteiger partial charge is 0.335 e. The van der Waals surface area contributed by atoms with Crippen LogP contribution in [0.2, 0.25) is 0 Å². The molecule has 2 aromatic heterocycles. The van der Waals surface area contributed by atoms with Gasteiger partial charge >= 0.3 is 5.97 Å². The molecule has 0 saturated carbocycles. The van der Waals surface area contributed by atoms with Gasteiger partial charge in [-0.2, -0.15) is 5.26 Å². The molecule has 1 saturated heterocycles. The number of ether oxygens (including phenoxy) is 1. The number of imidazole rings is 1. The number of carboxylic acids is 1. The van der Waals surface area contributed by atoms with Crippen molar-refractivity contribution in [3.8, 4) is 6.07 Å². The molecule has 1 fully saturated rings. The topological polar surface area (TPSA) is 161 Å². The molecule has 1 aliphatic heterocycles. The number of aromatic amines is 1. The van der Waals surface area contributed by atoms with E-state index in [1.807, 2.05) is 6.07 Å². The van der Waals surface area contributed by atoms with Gasteiger partial charge in [-0.15, -0.1) is 0 Å². The molecule has 1 amide bonds. The highest BCUT2D eigenvalue weighted by atomic mass is 16.6. The fourth-order valence-corrected chi connectivity index (χ4v) is 5.34. The van der Waals surface area contributed by atoms with Gasteiger partial charge in [0.2, 0.25) is 0 Å². The van der Waals surface area contributed by atoms with Crippen molar-refractivity contribution in [3.63, 3.8) is 0 Å². The number of carbonyl (C=O) groups excluding carboxylic acids is 1. The number of nitrogens with zero attached hydrogens (tertiary/aromatic N) is 3. The van der Waals surface area contributed by atoms with E-state index in [-0.39, 0.29) is 29.8 Å². The van der Waals surface area contributed by atoms with E-state index in [1.54, 1.807) is 26.0 Å². The summed E-state index contributed by atoms with van der Waals surface area (Å²) in [6.07, 6.45) is 5.90. The van der Waals surface area contributed by atoms with Gasteiger partial charge in [0.15, 0.2) is 17.1 Å². The molecule has 0 radical (unpaired) electrons. The Morgan fingerprint density at radius 2 is 1.89 bits per heavy atom. The van der Waals surface area contributed by atoms with Crippen LogP contribution < -0.4 is 5.32 Å². The summed E-state index contributed by atoms with van der Waals surface area (Å²) in [5.74, 6) is -1.69. The third-order valence-electron chi connectivity index (χ3n) is 7.11. The largest absolute Gasteiger partial charge is 0.479 e. The van der Waals surface area contributed by atoms with Gasteiger partial charge in [0.1, 0.15) is 11.7 Å². The Morgan fingerprint density at radius 1 is 1.16 bits per heavy atom. The number of hydrogen-bond donors (Lipinski definition) is 4. The molecule has 2 aromatic rings. The monoisotopic (exact) mass is 507 g/mol. The number of nitrogens with one attached hydrogen (secondary N) is 2. The molecule has 37 heavy (non-hydrogen) atoms. The van der Waals surface area contributed by atoms with Crippen LogP contribution in [0.3, 0.4) is 0 Å². The van der Waals surface area contributed by atoms with Gasteiger partial charge in [-0.3, -0.25) is 4.79 Å². The first-order valence-electron chi connectivity index (χ1n) is 12.3. The number of amides is 1. The number of carbonyl (C=O) groups is 2. The Kier molecular flexibility index (Phi) is 6.51. The molecule has 1 aliphatic carbocycles. The molecule has 3 heterocycles. The van der Waals surface area contributed by atoms with Crippen molar-refractivity contribution in [1.82, 2.24) is 15.0 Å². The van der Waals surface area contributed by atoms with Crippen LogP contribution in [0.25, 0.3) is 5.57 Å². The van der Waals surface area contributed by atoms with E-state index in [1.165, 1.54) is 13.1 Å². The Bertz CT molecular complexity index is 1320. The van der Waals surface area contributed by atoms with Crippen LogP contribution in [0.1, 0.15) is 94.4 Å². The lowest BCUT2D eigenvalue weighted by atomic mass is 9.74. The quantitative estimate of drug-likeness (QED) is 0.469. The van der Waals surface area contributed by atoms with Crippen molar-refractivity contribution >= 4 is 23.1 Å².